The SMILES string of the molecule is Cc1ccccc1CSc1cccc(Cl)c1C(N)=NO. The van der Waals surface area contributed by atoms with Crippen LogP contribution in [0.3, 0.4) is 0 Å². The molecule has 0 saturated carbocycles. The average molecular weight is 307 g/mol. The van der Waals surface area contributed by atoms with Crippen LogP contribution in [0.1, 0.15) is 16.7 Å². The van der Waals surface area contributed by atoms with Crippen molar-refractivity contribution in [2.45, 2.75) is 17.6 Å². The monoisotopic (exact) mass is 306 g/mol. The molecule has 2 aromatic rings. The van der Waals surface area contributed by atoms with Crippen molar-refractivity contribution in [3.63, 3.8) is 0 Å². The van der Waals surface area contributed by atoms with Gasteiger partial charge in [0.05, 0.1) is 10.6 Å². The van der Waals surface area contributed by atoms with E-state index in [0.717, 1.165) is 10.6 Å². The minimum Gasteiger partial charge on any atom is -0.409 e. The van der Waals surface area contributed by atoms with Gasteiger partial charge in [-0.05, 0) is 30.2 Å². The van der Waals surface area contributed by atoms with E-state index in [0.29, 0.717) is 10.6 Å². The Hall–Kier alpha value is -1.65. The molecule has 0 atom stereocenters. The highest BCUT2D eigenvalue weighted by molar-refractivity contribution is 7.98. The van der Waals surface area contributed by atoms with Gasteiger partial charge < -0.3 is 10.9 Å². The summed E-state index contributed by atoms with van der Waals surface area (Å²) >= 11 is 7.75. The van der Waals surface area contributed by atoms with Gasteiger partial charge in [0.2, 0.25) is 0 Å². The standard InChI is InChI=1S/C15H15ClN2OS/c1-10-5-2-3-6-11(10)9-20-13-8-4-7-12(16)14(13)15(17)18-19/h2-8,19H,9H2,1H3,(H2,17,18). The summed E-state index contributed by atoms with van der Waals surface area (Å²) in [6, 6.07) is 13.7. The normalized spacial score (nSPS) is 11.6. The van der Waals surface area contributed by atoms with E-state index in [9.17, 15) is 0 Å². The molecular formula is C15H15ClN2OS. The summed E-state index contributed by atoms with van der Waals surface area (Å²) in [6.07, 6.45) is 0. The smallest absolute Gasteiger partial charge is 0.172 e. The molecule has 2 rings (SSSR count). The first kappa shape index (κ1) is 14.8. The van der Waals surface area contributed by atoms with Gasteiger partial charge in [0.1, 0.15) is 0 Å². The number of nitrogens with two attached hydrogens (primary N) is 1. The van der Waals surface area contributed by atoms with Gasteiger partial charge in [-0.3, -0.25) is 0 Å². The molecule has 0 fully saturated rings. The summed E-state index contributed by atoms with van der Waals surface area (Å²) in [5, 5.41) is 12.4. The van der Waals surface area contributed by atoms with E-state index in [4.69, 9.17) is 22.5 Å². The predicted octanol–water partition coefficient (Wildman–Crippen LogP) is 4.04. The van der Waals surface area contributed by atoms with Crippen LogP contribution in [-0.2, 0) is 5.75 Å². The maximum atomic E-state index is 8.86. The molecule has 0 saturated heterocycles. The quantitative estimate of drug-likeness (QED) is 0.295. The number of rotatable bonds is 4. The maximum Gasteiger partial charge on any atom is 0.172 e. The molecule has 104 valence electrons. The first-order valence-electron chi connectivity index (χ1n) is 6.07. The van der Waals surface area contributed by atoms with E-state index in [1.165, 1.54) is 11.1 Å². The first-order chi connectivity index (χ1) is 9.63. The van der Waals surface area contributed by atoms with Crippen LogP contribution in [0, 0.1) is 6.92 Å². The van der Waals surface area contributed by atoms with Crippen LogP contribution in [0.2, 0.25) is 5.02 Å². The molecule has 3 N–H and O–H groups in total. The third-order valence-electron chi connectivity index (χ3n) is 2.98. The van der Waals surface area contributed by atoms with Crippen LogP contribution in [0.15, 0.2) is 52.5 Å². The summed E-state index contributed by atoms with van der Waals surface area (Å²) in [6.45, 7) is 2.08. The minimum absolute atomic E-state index is 0.0304. The third kappa shape index (κ3) is 3.26. The lowest BCUT2D eigenvalue weighted by Gasteiger charge is -2.10. The second-order valence-corrected chi connectivity index (χ2v) is 5.74. The maximum absolute atomic E-state index is 8.86. The highest BCUT2D eigenvalue weighted by Crippen LogP contribution is 2.31. The lowest BCUT2D eigenvalue weighted by Crippen LogP contribution is -2.15. The molecule has 0 aliphatic heterocycles. The Morgan fingerprint density at radius 1 is 1.25 bits per heavy atom. The molecule has 0 aliphatic carbocycles. The van der Waals surface area contributed by atoms with E-state index in [1.54, 1.807) is 17.8 Å². The zero-order valence-electron chi connectivity index (χ0n) is 11.0. The van der Waals surface area contributed by atoms with E-state index in [1.807, 2.05) is 24.3 Å². The van der Waals surface area contributed by atoms with Gasteiger partial charge in [-0.25, -0.2) is 0 Å². The van der Waals surface area contributed by atoms with E-state index >= 15 is 0 Å². The molecule has 0 aliphatic rings. The van der Waals surface area contributed by atoms with Gasteiger partial charge in [-0.1, -0.05) is 47.1 Å². The van der Waals surface area contributed by atoms with Crippen molar-refractivity contribution in [2.75, 3.05) is 0 Å². The van der Waals surface area contributed by atoms with Crippen LogP contribution in [-0.4, -0.2) is 11.0 Å². The van der Waals surface area contributed by atoms with Crippen LogP contribution in [0.5, 0.6) is 0 Å². The lowest BCUT2D eigenvalue weighted by atomic mass is 10.1. The van der Waals surface area contributed by atoms with Crippen molar-refractivity contribution in [1.82, 2.24) is 0 Å². The Kier molecular flexibility index (Phi) is 4.93. The summed E-state index contributed by atoms with van der Waals surface area (Å²) < 4.78 is 0. The molecule has 0 aromatic heterocycles. The summed E-state index contributed by atoms with van der Waals surface area (Å²) in [5.74, 6) is 0.835. The molecule has 0 heterocycles. The van der Waals surface area contributed by atoms with Crippen molar-refractivity contribution in [2.24, 2.45) is 10.9 Å². The first-order valence-corrected chi connectivity index (χ1v) is 7.43. The van der Waals surface area contributed by atoms with Gasteiger partial charge in [-0.2, -0.15) is 0 Å². The topological polar surface area (TPSA) is 58.6 Å². The van der Waals surface area contributed by atoms with Crippen LogP contribution < -0.4 is 5.73 Å². The highest BCUT2D eigenvalue weighted by Gasteiger charge is 2.12. The van der Waals surface area contributed by atoms with E-state index in [-0.39, 0.29) is 5.84 Å². The number of benzene rings is 2. The number of aryl methyl sites for hydroxylation is 1. The molecule has 0 spiro atoms. The average Bonchev–Trinajstić information content (AvgIpc) is 2.46. The van der Waals surface area contributed by atoms with Crippen molar-refractivity contribution in [3.05, 3.63) is 64.2 Å². The lowest BCUT2D eigenvalue weighted by molar-refractivity contribution is 0.318. The number of hydrogen-bond acceptors (Lipinski definition) is 3. The van der Waals surface area contributed by atoms with Gasteiger partial charge in [-0.15, -0.1) is 11.8 Å². The fourth-order valence-corrected chi connectivity index (χ4v) is 3.35. The van der Waals surface area contributed by atoms with Crippen LogP contribution >= 0.6 is 23.4 Å². The summed E-state index contributed by atoms with van der Waals surface area (Å²) in [7, 11) is 0. The molecular weight excluding hydrogens is 292 g/mol. The predicted molar refractivity (Wildman–Crippen MR) is 84.7 cm³/mol. The summed E-state index contributed by atoms with van der Waals surface area (Å²) in [5.41, 5.74) is 8.77. The van der Waals surface area contributed by atoms with Gasteiger partial charge in [0.15, 0.2) is 5.84 Å². The Morgan fingerprint density at radius 3 is 2.70 bits per heavy atom. The number of nitrogens with zero attached hydrogens (tertiary/aromatic N) is 1. The minimum atomic E-state index is 0.0304. The number of hydrogen-bond donors (Lipinski definition) is 2. The second kappa shape index (κ2) is 6.68. The zero-order chi connectivity index (χ0) is 14.5. The molecule has 0 amide bonds. The fourth-order valence-electron chi connectivity index (χ4n) is 1.85. The molecule has 20 heavy (non-hydrogen) atoms. The van der Waals surface area contributed by atoms with E-state index in [2.05, 4.69) is 24.2 Å². The molecule has 0 radical (unpaired) electrons. The van der Waals surface area contributed by atoms with Crippen LogP contribution in [0.4, 0.5) is 0 Å². The number of thioether (sulfide) groups is 1. The second-order valence-electron chi connectivity index (χ2n) is 4.31. The molecule has 5 heteroatoms. The zero-order valence-corrected chi connectivity index (χ0v) is 12.6. The van der Waals surface area contributed by atoms with Gasteiger partial charge in [0.25, 0.3) is 0 Å². The molecule has 0 unspecified atom stereocenters. The number of oxime groups is 1. The van der Waals surface area contributed by atoms with Gasteiger partial charge >= 0.3 is 0 Å². The molecule has 0 bridgehead atoms. The van der Waals surface area contributed by atoms with Gasteiger partial charge in [0, 0.05) is 10.6 Å². The van der Waals surface area contributed by atoms with Crippen molar-refractivity contribution >= 4 is 29.2 Å². The third-order valence-corrected chi connectivity index (χ3v) is 4.41. The largest absolute Gasteiger partial charge is 0.409 e. The van der Waals surface area contributed by atoms with Crippen molar-refractivity contribution in [1.29, 1.82) is 0 Å². The Balaban J connectivity index is 2.27. The fraction of sp³-hybridized carbons (Fsp3) is 0.133. The number of halogens is 1. The Labute approximate surface area is 127 Å². The highest BCUT2D eigenvalue weighted by atomic mass is 35.5. The van der Waals surface area contributed by atoms with Crippen molar-refractivity contribution < 1.29 is 5.21 Å². The Bertz CT molecular complexity index is 644. The summed E-state index contributed by atoms with van der Waals surface area (Å²) in [4.78, 5) is 0.899. The van der Waals surface area contributed by atoms with Crippen molar-refractivity contribution in [3.8, 4) is 0 Å². The number of amidine groups is 1. The molecule has 3 nitrogen and oxygen atoms in total. The van der Waals surface area contributed by atoms with E-state index < -0.39 is 0 Å². The Morgan fingerprint density at radius 2 is 2.00 bits per heavy atom. The van der Waals surface area contributed by atoms with Crippen LogP contribution in [0.25, 0.3) is 0 Å². The molecule has 2 aromatic carbocycles.